The Hall–Kier alpha value is -2.43. The highest BCUT2D eigenvalue weighted by molar-refractivity contribution is 7.89. The van der Waals surface area contributed by atoms with Crippen molar-refractivity contribution in [2.45, 2.75) is 36.6 Å². The standard InChI is InChI=1S/C21H23F3N2O4S/c1-26(14-15-7-9-17(10-8-15)21(22,23)24)20(27)16-4-2-6-19(12-16)31(28,29)25-13-18-5-3-11-30-18/h2,4,6-10,12,18,25H,3,5,11,13-14H2,1H3. The van der Waals surface area contributed by atoms with E-state index >= 15 is 0 Å². The molecule has 168 valence electrons. The molecule has 0 bridgehead atoms. The van der Waals surface area contributed by atoms with E-state index in [-0.39, 0.29) is 29.7 Å². The predicted octanol–water partition coefficient (Wildman–Crippen LogP) is 3.43. The van der Waals surface area contributed by atoms with Crippen LogP contribution in [0.25, 0.3) is 0 Å². The van der Waals surface area contributed by atoms with Crippen LogP contribution in [0.2, 0.25) is 0 Å². The van der Waals surface area contributed by atoms with E-state index in [1.807, 2.05) is 0 Å². The molecule has 3 rings (SSSR count). The molecule has 1 N–H and O–H groups in total. The van der Waals surface area contributed by atoms with Gasteiger partial charge < -0.3 is 9.64 Å². The molecule has 0 spiro atoms. The zero-order valence-corrected chi connectivity index (χ0v) is 17.7. The van der Waals surface area contributed by atoms with Crippen molar-refractivity contribution < 1.29 is 31.1 Å². The fourth-order valence-electron chi connectivity index (χ4n) is 3.25. The summed E-state index contributed by atoms with van der Waals surface area (Å²) in [6, 6.07) is 10.2. The van der Waals surface area contributed by atoms with Crippen LogP contribution in [0.5, 0.6) is 0 Å². The van der Waals surface area contributed by atoms with Crippen LogP contribution in [-0.4, -0.2) is 45.5 Å². The first-order valence-corrected chi connectivity index (χ1v) is 11.2. The Balaban J connectivity index is 1.67. The molecule has 6 nitrogen and oxygen atoms in total. The van der Waals surface area contributed by atoms with E-state index in [1.165, 1.54) is 48.3 Å². The molecule has 0 aliphatic carbocycles. The highest BCUT2D eigenvalue weighted by Crippen LogP contribution is 2.29. The number of nitrogens with one attached hydrogen (secondary N) is 1. The summed E-state index contributed by atoms with van der Waals surface area (Å²) in [5.74, 6) is -0.448. The number of hydrogen-bond donors (Lipinski definition) is 1. The van der Waals surface area contributed by atoms with Crippen LogP contribution in [0.3, 0.4) is 0 Å². The minimum absolute atomic E-state index is 0.0423. The van der Waals surface area contributed by atoms with Crippen molar-refractivity contribution in [3.8, 4) is 0 Å². The number of carbonyl (C=O) groups is 1. The summed E-state index contributed by atoms with van der Waals surface area (Å²) in [4.78, 5) is 14.0. The molecule has 0 aromatic heterocycles. The van der Waals surface area contributed by atoms with Gasteiger partial charge in [-0.15, -0.1) is 0 Å². The van der Waals surface area contributed by atoms with Crippen molar-refractivity contribution in [2.24, 2.45) is 0 Å². The molecule has 0 radical (unpaired) electrons. The maximum absolute atomic E-state index is 12.7. The average molecular weight is 456 g/mol. The molecule has 1 fully saturated rings. The summed E-state index contributed by atoms with van der Waals surface area (Å²) < 4.78 is 71.1. The molecule has 1 atom stereocenters. The molecule has 1 amide bonds. The number of alkyl halides is 3. The van der Waals surface area contributed by atoms with Crippen molar-refractivity contribution >= 4 is 15.9 Å². The number of carbonyl (C=O) groups excluding carboxylic acids is 1. The predicted molar refractivity (Wildman–Crippen MR) is 108 cm³/mol. The van der Waals surface area contributed by atoms with Crippen LogP contribution in [0.15, 0.2) is 53.4 Å². The lowest BCUT2D eigenvalue weighted by atomic mass is 10.1. The van der Waals surface area contributed by atoms with E-state index in [1.54, 1.807) is 0 Å². The summed E-state index contributed by atoms with van der Waals surface area (Å²) in [6.45, 7) is 0.848. The van der Waals surface area contributed by atoms with Crippen LogP contribution in [-0.2, 0) is 27.5 Å². The fourth-order valence-corrected chi connectivity index (χ4v) is 4.36. The number of rotatable bonds is 7. The van der Waals surface area contributed by atoms with Crippen molar-refractivity contribution in [2.75, 3.05) is 20.2 Å². The number of benzene rings is 2. The molecular formula is C21H23F3N2O4S. The van der Waals surface area contributed by atoms with Crippen molar-refractivity contribution in [1.82, 2.24) is 9.62 Å². The molecule has 1 unspecified atom stereocenters. The van der Waals surface area contributed by atoms with Gasteiger partial charge in [-0.25, -0.2) is 13.1 Å². The highest BCUT2D eigenvalue weighted by Gasteiger charge is 2.30. The summed E-state index contributed by atoms with van der Waals surface area (Å²) in [5, 5.41) is 0. The second-order valence-corrected chi connectivity index (χ2v) is 9.14. The van der Waals surface area contributed by atoms with Gasteiger partial charge in [0.15, 0.2) is 0 Å². The van der Waals surface area contributed by atoms with E-state index in [0.29, 0.717) is 12.2 Å². The quantitative estimate of drug-likeness (QED) is 0.693. The molecule has 2 aromatic carbocycles. The molecule has 2 aromatic rings. The average Bonchev–Trinajstić information content (AvgIpc) is 3.25. The Morgan fingerprint density at radius 3 is 2.52 bits per heavy atom. The lowest BCUT2D eigenvalue weighted by molar-refractivity contribution is -0.137. The normalized spacial score (nSPS) is 17.0. The smallest absolute Gasteiger partial charge is 0.377 e. The Labute approximate surface area is 179 Å². The van der Waals surface area contributed by atoms with Gasteiger partial charge in [0.05, 0.1) is 16.6 Å². The summed E-state index contributed by atoms with van der Waals surface area (Å²) in [6.07, 6.45) is -2.91. The van der Waals surface area contributed by atoms with Gasteiger partial charge in [-0.3, -0.25) is 4.79 Å². The SMILES string of the molecule is CN(Cc1ccc(C(F)(F)F)cc1)C(=O)c1cccc(S(=O)(=O)NCC2CCCO2)c1. The van der Waals surface area contributed by atoms with E-state index in [4.69, 9.17) is 4.74 Å². The molecule has 1 aliphatic rings. The van der Waals surface area contributed by atoms with Gasteiger partial charge in [-0.2, -0.15) is 13.2 Å². The minimum atomic E-state index is -4.43. The van der Waals surface area contributed by atoms with E-state index in [9.17, 15) is 26.4 Å². The first kappa shape index (κ1) is 23.2. The topological polar surface area (TPSA) is 75.7 Å². The van der Waals surface area contributed by atoms with E-state index in [2.05, 4.69) is 4.72 Å². The van der Waals surface area contributed by atoms with E-state index in [0.717, 1.165) is 25.0 Å². The Bertz CT molecular complexity index is 1020. The van der Waals surface area contributed by atoms with Crippen molar-refractivity contribution in [3.63, 3.8) is 0 Å². The third-order valence-corrected chi connectivity index (χ3v) is 6.39. The van der Waals surface area contributed by atoms with Gasteiger partial charge in [0.1, 0.15) is 0 Å². The number of hydrogen-bond acceptors (Lipinski definition) is 4. The third kappa shape index (κ3) is 6.05. The first-order valence-electron chi connectivity index (χ1n) is 9.69. The minimum Gasteiger partial charge on any atom is -0.377 e. The van der Waals surface area contributed by atoms with Gasteiger partial charge in [-0.1, -0.05) is 18.2 Å². The van der Waals surface area contributed by atoms with Crippen LogP contribution in [0, 0.1) is 0 Å². The second kappa shape index (κ2) is 9.37. The lowest BCUT2D eigenvalue weighted by Crippen LogP contribution is -2.32. The molecule has 1 saturated heterocycles. The van der Waals surface area contributed by atoms with Crippen LogP contribution in [0.4, 0.5) is 13.2 Å². The Morgan fingerprint density at radius 2 is 1.90 bits per heavy atom. The third-order valence-electron chi connectivity index (χ3n) is 4.96. The van der Waals surface area contributed by atoms with Crippen LogP contribution >= 0.6 is 0 Å². The maximum Gasteiger partial charge on any atom is 0.416 e. The number of ether oxygens (including phenoxy) is 1. The van der Waals surface area contributed by atoms with Crippen molar-refractivity contribution in [1.29, 1.82) is 0 Å². The monoisotopic (exact) mass is 456 g/mol. The zero-order valence-electron chi connectivity index (χ0n) is 16.9. The largest absolute Gasteiger partial charge is 0.416 e. The van der Waals surface area contributed by atoms with Gasteiger partial charge in [-0.05, 0) is 48.7 Å². The lowest BCUT2D eigenvalue weighted by Gasteiger charge is -2.18. The first-order chi connectivity index (χ1) is 14.6. The molecule has 1 heterocycles. The molecular weight excluding hydrogens is 433 g/mol. The molecule has 31 heavy (non-hydrogen) atoms. The fraction of sp³-hybridized carbons (Fsp3) is 0.381. The summed E-state index contributed by atoms with van der Waals surface area (Å²) in [7, 11) is -2.32. The Kier molecular flexibility index (Phi) is 7.03. The number of amides is 1. The Morgan fingerprint density at radius 1 is 1.19 bits per heavy atom. The maximum atomic E-state index is 12.7. The number of halogens is 3. The van der Waals surface area contributed by atoms with Gasteiger partial charge in [0.2, 0.25) is 10.0 Å². The molecule has 0 saturated carbocycles. The zero-order chi connectivity index (χ0) is 22.6. The molecule has 1 aliphatic heterocycles. The van der Waals surface area contributed by atoms with Gasteiger partial charge in [0, 0.05) is 32.3 Å². The summed E-state index contributed by atoms with van der Waals surface area (Å²) >= 11 is 0. The highest BCUT2D eigenvalue weighted by atomic mass is 32.2. The second-order valence-electron chi connectivity index (χ2n) is 7.37. The van der Waals surface area contributed by atoms with Crippen molar-refractivity contribution in [3.05, 3.63) is 65.2 Å². The summed E-state index contributed by atoms with van der Waals surface area (Å²) in [5.41, 5.74) is -0.0844. The molecule has 10 heteroatoms. The van der Waals surface area contributed by atoms with Crippen LogP contribution < -0.4 is 4.72 Å². The number of nitrogens with zero attached hydrogens (tertiary/aromatic N) is 1. The van der Waals surface area contributed by atoms with E-state index < -0.39 is 27.7 Å². The van der Waals surface area contributed by atoms with Gasteiger partial charge >= 0.3 is 6.18 Å². The number of sulfonamides is 1. The van der Waals surface area contributed by atoms with Gasteiger partial charge in [0.25, 0.3) is 5.91 Å². The van der Waals surface area contributed by atoms with Crippen LogP contribution in [0.1, 0.15) is 34.3 Å².